The van der Waals surface area contributed by atoms with Gasteiger partial charge in [-0.3, -0.25) is 5.43 Å². The van der Waals surface area contributed by atoms with E-state index in [2.05, 4.69) is 15.8 Å². The van der Waals surface area contributed by atoms with Crippen LogP contribution in [0.2, 0.25) is 10.0 Å². The average molecular weight is 368 g/mol. The summed E-state index contributed by atoms with van der Waals surface area (Å²) in [5, 5.41) is 8.29. The number of benzene rings is 2. The van der Waals surface area contributed by atoms with E-state index in [1.54, 1.807) is 25.4 Å². The molecular weight excluding hydrogens is 353 g/mol. The highest BCUT2D eigenvalue weighted by Crippen LogP contribution is 2.23. The van der Waals surface area contributed by atoms with Crippen LogP contribution in [0.15, 0.2) is 47.6 Å². The SMILES string of the molecule is CNC(=S)N/N=C/c1ccc(OCc2ccc(Cl)c(Cl)c2)cc1. The summed E-state index contributed by atoms with van der Waals surface area (Å²) in [5.41, 5.74) is 4.57. The number of hydrogen-bond donors (Lipinski definition) is 2. The summed E-state index contributed by atoms with van der Waals surface area (Å²) >= 11 is 16.8. The van der Waals surface area contributed by atoms with Crippen molar-refractivity contribution in [2.75, 3.05) is 7.05 Å². The van der Waals surface area contributed by atoms with Gasteiger partial charge in [-0.05, 0) is 59.7 Å². The summed E-state index contributed by atoms with van der Waals surface area (Å²) in [6, 6.07) is 13.0. The van der Waals surface area contributed by atoms with Crippen LogP contribution in [0.1, 0.15) is 11.1 Å². The molecule has 0 unspecified atom stereocenters. The first-order chi connectivity index (χ1) is 11.1. The summed E-state index contributed by atoms with van der Waals surface area (Å²) in [6.45, 7) is 0.419. The molecule has 0 fully saturated rings. The highest BCUT2D eigenvalue weighted by Gasteiger charge is 2.01. The lowest BCUT2D eigenvalue weighted by Gasteiger charge is -2.07. The zero-order valence-electron chi connectivity index (χ0n) is 12.3. The van der Waals surface area contributed by atoms with Crippen molar-refractivity contribution >= 4 is 46.7 Å². The minimum Gasteiger partial charge on any atom is -0.489 e. The smallest absolute Gasteiger partial charge is 0.186 e. The fraction of sp³-hybridized carbons (Fsp3) is 0.125. The molecule has 0 radical (unpaired) electrons. The van der Waals surface area contributed by atoms with Crippen LogP contribution in [0, 0.1) is 0 Å². The van der Waals surface area contributed by atoms with Gasteiger partial charge in [0.15, 0.2) is 5.11 Å². The zero-order chi connectivity index (χ0) is 16.7. The highest BCUT2D eigenvalue weighted by molar-refractivity contribution is 7.80. The van der Waals surface area contributed by atoms with E-state index < -0.39 is 0 Å². The number of nitrogens with one attached hydrogen (secondary N) is 2. The molecule has 0 aliphatic rings. The van der Waals surface area contributed by atoms with Gasteiger partial charge in [-0.1, -0.05) is 29.3 Å². The number of rotatable bonds is 5. The Labute approximate surface area is 150 Å². The first-order valence-electron chi connectivity index (χ1n) is 6.76. The molecule has 0 aromatic heterocycles. The van der Waals surface area contributed by atoms with Crippen molar-refractivity contribution < 1.29 is 4.74 Å². The minimum absolute atomic E-state index is 0.419. The van der Waals surface area contributed by atoms with E-state index >= 15 is 0 Å². The number of hydrazone groups is 1. The van der Waals surface area contributed by atoms with Crippen LogP contribution in [-0.2, 0) is 6.61 Å². The standard InChI is InChI=1S/C16H15Cl2N3OS/c1-19-16(23)21-20-9-11-2-5-13(6-3-11)22-10-12-4-7-14(17)15(18)8-12/h2-9H,10H2,1H3,(H2,19,21,23)/b20-9+. The topological polar surface area (TPSA) is 45.7 Å². The van der Waals surface area contributed by atoms with E-state index in [1.165, 1.54) is 0 Å². The van der Waals surface area contributed by atoms with Crippen LogP contribution in [0.3, 0.4) is 0 Å². The van der Waals surface area contributed by atoms with Crippen molar-refractivity contribution in [3.8, 4) is 5.75 Å². The Hall–Kier alpha value is -1.82. The maximum atomic E-state index is 5.98. The molecule has 120 valence electrons. The quantitative estimate of drug-likeness (QED) is 0.476. The van der Waals surface area contributed by atoms with Crippen LogP contribution in [0.4, 0.5) is 0 Å². The van der Waals surface area contributed by atoms with Gasteiger partial charge in [0.1, 0.15) is 12.4 Å². The van der Waals surface area contributed by atoms with Gasteiger partial charge in [0, 0.05) is 7.05 Å². The second-order valence-electron chi connectivity index (χ2n) is 4.56. The van der Waals surface area contributed by atoms with Crippen LogP contribution in [0.5, 0.6) is 5.75 Å². The number of halogens is 2. The molecule has 0 aliphatic carbocycles. The summed E-state index contributed by atoms with van der Waals surface area (Å²) < 4.78 is 5.71. The van der Waals surface area contributed by atoms with Crippen molar-refractivity contribution in [2.24, 2.45) is 5.10 Å². The van der Waals surface area contributed by atoms with E-state index in [4.69, 9.17) is 40.2 Å². The first kappa shape index (κ1) is 17.5. The predicted octanol–water partition coefficient (Wildman–Crippen LogP) is 4.00. The van der Waals surface area contributed by atoms with Gasteiger partial charge in [-0.2, -0.15) is 5.10 Å². The van der Waals surface area contributed by atoms with Gasteiger partial charge in [0.25, 0.3) is 0 Å². The van der Waals surface area contributed by atoms with Gasteiger partial charge < -0.3 is 10.1 Å². The van der Waals surface area contributed by atoms with Crippen molar-refractivity contribution in [3.63, 3.8) is 0 Å². The number of thiocarbonyl (C=S) groups is 1. The fourth-order valence-electron chi connectivity index (χ4n) is 1.67. The van der Waals surface area contributed by atoms with Gasteiger partial charge in [0.2, 0.25) is 0 Å². The van der Waals surface area contributed by atoms with Gasteiger partial charge >= 0.3 is 0 Å². The van der Waals surface area contributed by atoms with Crippen LogP contribution >= 0.6 is 35.4 Å². The number of hydrogen-bond acceptors (Lipinski definition) is 3. The van der Waals surface area contributed by atoms with Gasteiger partial charge in [0.05, 0.1) is 16.3 Å². The molecular formula is C16H15Cl2N3OS. The molecule has 2 rings (SSSR count). The van der Waals surface area contributed by atoms with Crippen molar-refractivity contribution in [3.05, 3.63) is 63.6 Å². The normalized spacial score (nSPS) is 10.6. The van der Waals surface area contributed by atoms with Crippen LogP contribution in [-0.4, -0.2) is 18.4 Å². The zero-order valence-corrected chi connectivity index (χ0v) is 14.7. The first-order valence-corrected chi connectivity index (χ1v) is 7.92. The fourth-order valence-corrected chi connectivity index (χ4v) is 2.04. The predicted molar refractivity (Wildman–Crippen MR) is 99.6 cm³/mol. The Morgan fingerprint density at radius 1 is 1.17 bits per heavy atom. The third kappa shape index (κ3) is 5.71. The molecule has 0 saturated heterocycles. The van der Waals surface area contributed by atoms with Crippen LogP contribution in [0.25, 0.3) is 0 Å². The van der Waals surface area contributed by atoms with E-state index in [0.29, 0.717) is 21.8 Å². The molecule has 0 atom stereocenters. The molecule has 0 heterocycles. The minimum atomic E-state index is 0.419. The summed E-state index contributed by atoms with van der Waals surface area (Å²) in [4.78, 5) is 0. The summed E-state index contributed by atoms with van der Waals surface area (Å²) in [7, 11) is 1.73. The molecule has 0 amide bonds. The Morgan fingerprint density at radius 3 is 2.57 bits per heavy atom. The van der Waals surface area contributed by atoms with Gasteiger partial charge in [-0.15, -0.1) is 0 Å². The number of ether oxygens (including phenoxy) is 1. The molecule has 7 heteroatoms. The molecule has 2 aromatic carbocycles. The van der Waals surface area contributed by atoms with E-state index in [-0.39, 0.29) is 0 Å². The van der Waals surface area contributed by atoms with Crippen LogP contribution < -0.4 is 15.5 Å². The third-order valence-corrected chi connectivity index (χ3v) is 3.91. The lowest BCUT2D eigenvalue weighted by atomic mass is 10.2. The van der Waals surface area contributed by atoms with E-state index in [0.717, 1.165) is 16.9 Å². The number of nitrogens with zero attached hydrogens (tertiary/aromatic N) is 1. The monoisotopic (exact) mass is 367 g/mol. The average Bonchev–Trinajstić information content (AvgIpc) is 2.57. The molecule has 0 aliphatic heterocycles. The highest BCUT2D eigenvalue weighted by atomic mass is 35.5. The van der Waals surface area contributed by atoms with Crippen molar-refractivity contribution in [1.82, 2.24) is 10.7 Å². The van der Waals surface area contributed by atoms with E-state index in [1.807, 2.05) is 30.3 Å². The maximum absolute atomic E-state index is 5.98. The Morgan fingerprint density at radius 2 is 1.91 bits per heavy atom. The third-order valence-electron chi connectivity index (χ3n) is 2.88. The molecule has 23 heavy (non-hydrogen) atoms. The second-order valence-corrected chi connectivity index (χ2v) is 5.78. The molecule has 4 nitrogen and oxygen atoms in total. The molecule has 2 aromatic rings. The Bertz CT molecular complexity index is 705. The van der Waals surface area contributed by atoms with Crippen molar-refractivity contribution in [2.45, 2.75) is 6.61 Å². The van der Waals surface area contributed by atoms with Gasteiger partial charge in [-0.25, -0.2) is 0 Å². The van der Waals surface area contributed by atoms with E-state index in [9.17, 15) is 0 Å². The largest absolute Gasteiger partial charge is 0.489 e. The molecule has 0 bridgehead atoms. The second kappa shape index (κ2) is 8.72. The lowest BCUT2D eigenvalue weighted by Crippen LogP contribution is -2.28. The summed E-state index contributed by atoms with van der Waals surface area (Å²) in [5.74, 6) is 0.756. The molecule has 2 N–H and O–H groups in total. The lowest BCUT2D eigenvalue weighted by molar-refractivity contribution is 0.306. The summed E-state index contributed by atoms with van der Waals surface area (Å²) in [6.07, 6.45) is 1.67. The Balaban J connectivity index is 1.89. The van der Waals surface area contributed by atoms with Crippen molar-refractivity contribution in [1.29, 1.82) is 0 Å². The molecule has 0 saturated carbocycles. The molecule has 0 spiro atoms. The maximum Gasteiger partial charge on any atom is 0.186 e. The Kier molecular flexibility index (Phi) is 6.65.